The summed E-state index contributed by atoms with van der Waals surface area (Å²) in [4.78, 5) is 16.3. The van der Waals surface area contributed by atoms with Crippen molar-refractivity contribution >= 4 is 27.5 Å². The number of carbonyl (C=O) groups is 1. The highest BCUT2D eigenvalue weighted by molar-refractivity contribution is 9.10. The highest BCUT2D eigenvalue weighted by Crippen LogP contribution is 2.20. The highest BCUT2D eigenvalue weighted by Gasteiger charge is 2.13. The SMILES string of the molecule is O=C(Nc1ccc2c(c1)CNCC2)c1ncccc1Br. The number of amides is 1. The van der Waals surface area contributed by atoms with Crippen molar-refractivity contribution in [2.45, 2.75) is 13.0 Å². The number of rotatable bonds is 2. The lowest BCUT2D eigenvalue weighted by Crippen LogP contribution is -2.24. The molecule has 0 saturated heterocycles. The summed E-state index contributed by atoms with van der Waals surface area (Å²) in [6.07, 6.45) is 2.64. The van der Waals surface area contributed by atoms with Crippen LogP contribution < -0.4 is 10.6 Å². The molecule has 3 rings (SSSR count). The Morgan fingerprint density at radius 1 is 1.30 bits per heavy atom. The molecule has 0 radical (unpaired) electrons. The van der Waals surface area contributed by atoms with Gasteiger partial charge in [-0.15, -0.1) is 0 Å². The van der Waals surface area contributed by atoms with Gasteiger partial charge >= 0.3 is 0 Å². The summed E-state index contributed by atoms with van der Waals surface area (Å²) in [6, 6.07) is 9.64. The monoisotopic (exact) mass is 331 g/mol. The molecule has 1 aliphatic rings. The Kier molecular flexibility index (Phi) is 3.80. The summed E-state index contributed by atoms with van der Waals surface area (Å²) < 4.78 is 0.692. The van der Waals surface area contributed by atoms with Gasteiger partial charge in [-0.2, -0.15) is 0 Å². The van der Waals surface area contributed by atoms with Crippen molar-refractivity contribution in [2.24, 2.45) is 0 Å². The second kappa shape index (κ2) is 5.73. The van der Waals surface area contributed by atoms with E-state index < -0.39 is 0 Å². The van der Waals surface area contributed by atoms with Crippen LogP contribution in [0.5, 0.6) is 0 Å². The van der Waals surface area contributed by atoms with Gasteiger partial charge in [-0.1, -0.05) is 6.07 Å². The van der Waals surface area contributed by atoms with Crippen LogP contribution in [0.2, 0.25) is 0 Å². The van der Waals surface area contributed by atoms with Gasteiger partial charge in [0.05, 0.1) is 0 Å². The third kappa shape index (κ3) is 2.73. The van der Waals surface area contributed by atoms with E-state index in [0.29, 0.717) is 10.2 Å². The van der Waals surface area contributed by atoms with Crippen molar-refractivity contribution in [3.8, 4) is 0 Å². The Labute approximate surface area is 125 Å². The molecule has 2 heterocycles. The molecule has 1 aliphatic heterocycles. The number of aromatic nitrogens is 1. The second-order valence-electron chi connectivity index (χ2n) is 4.70. The van der Waals surface area contributed by atoms with Crippen LogP contribution in [0.25, 0.3) is 0 Å². The molecular formula is C15H14BrN3O. The summed E-state index contributed by atoms with van der Waals surface area (Å²) >= 11 is 3.34. The molecule has 20 heavy (non-hydrogen) atoms. The van der Waals surface area contributed by atoms with Crippen molar-refractivity contribution in [2.75, 3.05) is 11.9 Å². The fourth-order valence-electron chi connectivity index (χ4n) is 2.30. The first kappa shape index (κ1) is 13.3. The highest BCUT2D eigenvalue weighted by atomic mass is 79.9. The van der Waals surface area contributed by atoms with Crippen LogP contribution in [-0.4, -0.2) is 17.4 Å². The van der Waals surface area contributed by atoms with Crippen molar-refractivity contribution in [3.05, 3.63) is 57.8 Å². The predicted octanol–water partition coefficient (Wildman–Crippen LogP) is 2.74. The first-order valence-corrected chi connectivity index (χ1v) is 7.28. The summed E-state index contributed by atoms with van der Waals surface area (Å²) in [5, 5.41) is 6.22. The molecule has 4 nitrogen and oxygen atoms in total. The molecule has 5 heteroatoms. The molecule has 0 aliphatic carbocycles. The standard InChI is InChI=1S/C15H14BrN3O/c16-13-2-1-6-18-14(13)15(20)19-12-4-3-10-5-7-17-9-11(10)8-12/h1-4,6,8,17H,5,7,9H2,(H,19,20). The van der Waals surface area contributed by atoms with Gasteiger partial charge in [0.15, 0.2) is 0 Å². The average Bonchev–Trinajstić information content (AvgIpc) is 2.47. The van der Waals surface area contributed by atoms with Crippen LogP contribution in [0.15, 0.2) is 41.0 Å². The maximum atomic E-state index is 12.2. The minimum Gasteiger partial charge on any atom is -0.321 e. The van der Waals surface area contributed by atoms with Crippen molar-refractivity contribution in [1.82, 2.24) is 10.3 Å². The molecule has 102 valence electrons. The zero-order chi connectivity index (χ0) is 13.9. The minimum absolute atomic E-state index is 0.207. The van der Waals surface area contributed by atoms with E-state index in [-0.39, 0.29) is 5.91 Å². The van der Waals surface area contributed by atoms with E-state index in [2.05, 4.69) is 37.6 Å². The lowest BCUT2D eigenvalue weighted by molar-refractivity contribution is 0.102. The normalized spacial score (nSPS) is 13.7. The first-order chi connectivity index (χ1) is 9.74. The zero-order valence-electron chi connectivity index (χ0n) is 10.8. The zero-order valence-corrected chi connectivity index (χ0v) is 12.4. The summed E-state index contributed by atoms with van der Waals surface area (Å²) in [7, 11) is 0. The largest absolute Gasteiger partial charge is 0.321 e. The lowest BCUT2D eigenvalue weighted by atomic mass is 10.0. The number of hydrogen-bond acceptors (Lipinski definition) is 3. The smallest absolute Gasteiger partial charge is 0.275 e. The van der Waals surface area contributed by atoms with Gasteiger partial charge in [0.2, 0.25) is 0 Å². The van der Waals surface area contributed by atoms with Gasteiger partial charge in [0, 0.05) is 22.9 Å². The Bertz CT molecular complexity index is 657. The molecule has 1 aromatic carbocycles. The van der Waals surface area contributed by atoms with E-state index >= 15 is 0 Å². The van der Waals surface area contributed by atoms with Crippen LogP contribution >= 0.6 is 15.9 Å². The molecule has 2 aromatic rings. The van der Waals surface area contributed by atoms with E-state index in [9.17, 15) is 4.79 Å². The molecule has 0 bridgehead atoms. The van der Waals surface area contributed by atoms with Gasteiger partial charge in [-0.05, 0) is 64.3 Å². The minimum atomic E-state index is -0.207. The molecule has 1 amide bonds. The van der Waals surface area contributed by atoms with Crippen LogP contribution in [0, 0.1) is 0 Å². The van der Waals surface area contributed by atoms with Crippen molar-refractivity contribution in [3.63, 3.8) is 0 Å². The van der Waals surface area contributed by atoms with E-state index in [1.807, 2.05) is 12.1 Å². The number of nitrogens with one attached hydrogen (secondary N) is 2. The molecule has 0 saturated carbocycles. The van der Waals surface area contributed by atoms with Gasteiger partial charge < -0.3 is 10.6 Å². The van der Waals surface area contributed by atoms with Crippen molar-refractivity contribution < 1.29 is 4.79 Å². The Morgan fingerprint density at radius 3 is 3.05 bits per heavy atom. The number of halogens is 1. The Balaban J connectivity index is 1.81. The lowest BCUT2D eigenvalue weighted by Gasteiger charge is -2.18. The quantitative estimate of drug-likeness (QED) is 0.889. The van der Waals surface area contributed by atoms with E-state index in [1.54, 1.807) is 18.3 Å². The number of nitrogens with zero attached hydrogens (tertiary/aromatic N) is 1. The summed E-state index contributed by atoms with van der Waals surface area (Å²) in [6.45, 7) is 1.87. The second-order valence-corrected chi connectivity index (χ2v) is 5.55. The molecular weight excluding hydrogens is 318 g/mol. The number of carbonyl (C=O) groups excluding carboxylic acids is 1. The molecule has 0 unspecified atom stereocenters. The van der Waals surface area contributed by atoms with Gasteiger partial charge in [-0.25, -0.2) is 4.98 Å². The van der Waals surface area contributed by atoms with Crippen LogP contribution in [0.3, 0.4) is 0 Å². The number of anilines is 1. The number of benzene rings is 1. The van der Waals surface area contributed by atoms with Gasteiger partial charge in [-0.3, -0.25) is 4.79 Å². The van der Waals surface area contributed by atoms with Crippen LogP contribution in [0.1, 0.15) is 21.6 Å². The van der Waals surface area contributed by atoms with Gasteiger partial charge in [0.25, 0.3) is 5.91 Å². The molecule has 0 spiro atoms. The number of pyridine rings is 1. The van der Waals surface area contributed by atoms with Crippen molar-refractivity contribution in [1.29, 1.82) is 0 Å². The van der Waals surface area contributed by atoms with Crippen LogP contribution in [0.4, 0.5) is 5.69 Å². The molecule has 2 N–H and O–H groups in total. The van der Waals surface area contributed by atoms with E-state index in [0.717, 1.165) is 25.2 Å². The molecule has 0 fully saturated rings. The van der Waals surface area contributed by atoms with Crippen LogP contribution in [-0.2, 0) is 13.0 Å². The van der Waals surface area contributed by atoms with E-state index in [4.69, 9.17) is 0 Å². The first-order valence-electron chi connectivity index (χ1n) is 6.48. The number of hydrogen-bond donors (Lipinski definition) is 2. The maximum absolute atomic E-state index is 12.2. The Morgan fingerprint density at radius 2 is 2.20 bits per heavy atom. The number of fused-ring (bicyclic) bond motifs is 1. The molecule has 0 atom stereocenters. The predicted molar refractivity (Wildman–Crippen MR) is 81.7 cm³/mol. The fourth-order valence-corrected chi connectivity index (χ4v) is 2.74. The third-order valence-electron chi connectivity index (χ3n) is 3.32. The third-order valence-corrected chi connectivity index (χ3v) is 3.96. The van der Waals surface area contributed by atoms with E-state index in [1.165, 1.54) is 11.1 Å². The average molecular weight is 332 g/mol. The molecule has 1 aromatic heterocycles. The topological polar surface area (TPSA) is 54.0 Å². The Hall–Kier alpha value is -1.72. The maximum Gasteiger partial charge on any atom is 0.275 e. The fraction of sp³-hybridized carbons (Fsp3) is 0.200. The summed E-state index contributed by atoms with van der Waals surface area (Å²) in [5.74, 6) is -0.207. The van der Waals surface area contributed by atoms with Gasteiger partial charge in [0.1, 0.15) is 5.69 Å². The summed E-state index contributed by atoms with van der Waals surface area (Å²) in [5.41, 5.74) is 3.79.